The molecule has 0 radical (unpaired) electrons. The minimum Gasteiger partial charge on any atom is -0.545 e. The van der Waals surface area contributed by atoms with E-state index in [0.717, 1.165) is 14.6 Å². The zero-order valence-corrected chi connectivity index (χ0v) is 13.4. The van der Waals surface area contributed by atoms with Crippen LogP contribution < -0.4 is 10.4 Å². The number of aromatic nitrogens is 1. The van der Waals surface area contributed by atoms with Crippen LogP contribution >= 0.6 is 23.1 Å². The molecule has 0 unspecified atom stereocenters. The zero-order chi connectivity index (χ0) is 16.2. The highest BCUT2D eigenvalue weighted by Crippen LogP contribution is 2.29. The molecule has 0 saturated carbocycles. The van der Waals surface area contributed by atoms with E-state index < -0.39 is 5.97 Å². The van der Waals surface area contributed by atoms with Gasteiger partial charge in [-0.15, -0.1) is 11.3 Å². The second-order valence-electron chi connectivity index (χ2n) is 4.65. The molecule has 116 valence electrons. The number of carboxylic acid groups (broad SMARTS) is 1. The molecule has 1 N–H and O–H groups in total. The van der Waals surface area contributed by atoms with Crippen molar-refractivity contribution in [2.24, 2.45) is 0 Å². The summed E-state index contributed by atoms with van der Waals surface area (Å²) in [5.74, 6) is -1.29. The van der Waals surface area contributed by atoms with Gasteiger partial charge in [0, 0.05) is 5.69 Å². The quantitative estimate of drug-likeness (QED) is 0.719. The van der Waals surface area contributed by atoms with Crippen molar-refractivity contribution < 1.29 is 14.7 Å². The molecular weight excluding hydrogens is 332 g/mol. The molecule has 7 heteroatoms. The third-order valence-electron chi connectivity index (χ3n) is 2.98. The van der Waals surface area contributed by atoms with Gasteiger partial charge in [-0.2, -0.15) is 0 Å². The average molecular weight is 343 g/mol. The monoisotopic (exact) mass is 343 g/mol. The van der Waals surface area contributed by atoms with Crippen molar-refractivity contribution in [3.05, 3.63) is 54.1 Å². The molecule has 1 aromatic heterocycles. The minimum atomic E-state index is -1.27. The molecule has 3 aromatic rings. The number of hydrogen-bond donors (Lipinski definition) is 1. The van der Waals surface area contributed by atoms with Gasteiger partial charge in [-0.1, -0.05) is 36.0 Å². The lowest BCUT2D eigenvalue weighted by atomic mass is 10.2. The van der Waals surface area contributed by atoms with Gasteiger partial charge < -0.3 is 15.2 Å². The standard InChI is InChI=1S/C16H12N2O3S2/c19-14(17-11-5-3-4-10(8-11)15(20)21)9-22-16-18-12-6-1-2-7-13(12)23-16/h1-8H,9H2,(H,17,19)(H,20,21)/p-1. The predicted molar refractivity (Wildman–Crippen MR) is 89.7 cm³/mol. The molecule has 1 amide bonds. The lowest BCUT2D eigenvalue weighted by Crippen LogP contribution is -2.22. The second-order valence-corrected chi connectivity index (χ2v) is 6.91. The number of benzene rings is 2. The number of amides is 1. The Balaban J connectivity index is 1.61. The Bertz CT molecular complexity index is 843. The summed E-state index contributed by atoms with van der Waals surface area (Å²) < 4.78 is 1.90. The van der Waals surface area contributed by atoms with Crippen molar-refractivity contribution in [2.75, 3.05) is 11.1 Å². The van der Waals surface area contributed by atoms with Crippen molar-refractivity contribution in [1.82, 2.24) is 4.98 Å². The van der Waals surface area contributed by atoms with Gasteiger partial charge in [-0.25, -0.2) is 4.98 Å². The first-order valence-electron chi connectivity index (χ1n) is 6.71. The van der Waals surface area contributed by atoms with E-state index in [2.05, 4.69) is 10.3 Å². The van der Waals surface area contributed by atoms with Gasteiger partial charge in [-0.3, -0.25) is 4.79 Å². The van der Waals surface area contributed by atoms with E-state index in [1.807, 2.05) is 24.3 Å². The maximum atomic E-state index is 12.0. The van der Waals surface area contributed by atoms with Crippen LogP contribution in [0, 0.1) is 0 Å². The van der Waals surface area contributed by atoms with Gasteiger partial charge in [0.1, 0.15) is 0 Å². The van der Waals surface area contributed by atoms with Crippen molar-refractivity contribution in [3.8, 4) is 0 Å². The third kappa shape index (κ3) is 3.88. The third-order valence-corrected chi connectivity index (χ3v) is 5.16. The summed E-state index contributed by atoms with van der Waals surface area (Å²) in [4.78, 5) is 27.2. The summed E-state index contributed by atoms with van der Waals surface area (Å²) >= 11 is 2.89. The summed E-state index contributed by atoms with van der Waals surface area (Å²) in [6, 6.07) is 13.8. The maximum absolute atomic E-state index is 12.0. The van der Waals surface area contributed by atoms with Crippen LogP contribution in [0.3, 0.4) is 0 Å². The molecule has 0 aliphatic rings. The number of nitrogens with zero attached hydrogens (tertiary/aromatic N) is 1. The van der Waals surface area contributed by atoms with Crippen LogP contribution in [0.5, 0.6) is 0 Å². The number of carbonyl (C=O) groups is 2. The molecule has 5 nitrogen and oxygen atoms in total. The smallest absolute Gasteiger partial charge is 0.234 e. The van der Waals surface area contributed by atoms with E-state index in [0.29, 0.717) is 5.69 Å². The van der Waals surface area contributed by atoms with Crippen LogP contribution in [0.25, 0.3) is 10.2 Å². The van der Waals surface area contributed by atoms with E-state index in [4.69, 9.17) is 0 Å². The first kappa shape index (κ1) is 15.5. The number of para-hydroxylation sites is 1. The number of thiazole rings is 1. The van der Waals surface area contributed by atoms with Crippen molar-refractivity contribution in [1.29, 1.82) is 0 Å². The molecule has 0 aliphatic carbocycles. The lowest BCUT2D eigenvalue weighted by molar-refractivity contribution is -0.255. The van der Waals surface area contributed by atoms with E-state index in [1.54, 1.807) is 12.1 Å². The van der Waals surface area contributed by atoms with Crippen molar-refractivity contribution in [3.63, 3.8) is 0 Å². The van der Waals surface area contributed by atoms with Crippen molar-refractivity contribution >= 4 is 50.9 Å². The maximum Gasteiger partial charge on any atom is 0.234 e. The molecule has 3 rings (SSSR count). The Morgan fingerprint density at radius 3 is 2.78 bits per heavy atom. The number of nitrogens with one attached hydrogen (secondary N) is 1. The molecule has 0 atom stereocenters. The first-order chi connectivity index (χ1) is 11.1. The number of carboxylic acids is 1. The van der Waals surface area contributed by atoms with Crippen LogP contribution in [0.15, 0.2) is 52.9 Å². The molecule has 23 heavy (non-hydrogen) atoms. The van der Waals surface area contributed by atoms with Gasteiger partial charge in [-0.05, 0) is 29.8 Å². The highest BCUT2D eigenvalue weighted by molar-refractivity contribution is 8.01. The summed E-state index contributed by atoms with van der Waals surface area (Å²) in [5, 5.41) is 13.5. The Hall–Kier alpha value is -2.38. The number of rotatable bonds is 5. The Morgan fingerprint density at radius 1 is 1.17 bits per heavy atom. The van der Waals surface area contributed by atoms with Crippen molar-refractivity contribution in [2.45, 2.75) is 4.34 Å². The summed E-state index contributed by atoms with van der Waals surface area (Å²) in [6.07, 6.45) is 0. The SMILES string of the molecule is O=C(CSc1nc2ccccc2s1)Nc1cccc(C(=O)[O-])c1. The van der Waals surface area contributed by atoms with Crippen LogP contribution in [0.1, 0.15) is 10.4 Å². The topological polar surface area (TPSA) is 82.1 Å². The van der Waals surface area contributed by atoms with E-state index in [1.165, 1.54) is 35.2 Å². The molecule has 0 bridgehead atoms. The number of aromatic carboxylic acids is 1. The summed E-state index contributed by atoms with van der Waals surface area (Å²) in [7, 11) is 0. The largest absolute Gasteiger partial charge is 0.545 e. The highest BCUT2D eigenvalue weighted by atomic mass is 32.2. The minimum absolute atomic E-state index is 0.0293. The van der Waals surface area contributed by atoms with Crippen LogP contribution in [0.2, 0.25) is 0 Å². The fraction of sp³-hybridized carbons (Fsp3) is 0.0625. The van der Waals surface area contributed by atoms with Gasteiger partial charge in [0.15, 0.2) is 4.34 Å². The molecule has 0 saturated heterocycles. The highest BCUT2D eigenvalue weighted by Gasteiger charge is 2.08. The summed E-state index contributed by atoms with van der Waals surface area (Å²) in [5.41, 5.74) is 1.38. The Labute approximate surface area is 140 Å². The Kier molecular flexibility index (Phi) is 4.59. The van der Waals surface area contributed by atoms with Crippen LogP contribution in [-0.4, -0.2) is 22.6 Å². The van der Waals surface area contributed by atoms with Crippen LogP contribution in [0.4, 0.5) is 5.69 Å². The molecular formula is C16H11N2O3S2-. The molecule has 2 aromatic carbocycles. The average Bonchev–Trinajstić information content (AvgIpc) is 2.96. The zero-order valence-electron chi connectivity index (χ0n) is 11.8. The van der Waals surface area contributed by atoms with Gasteiger partial charge in [0.25, 0.3) is 0 Å². The normalized spacial score (nSPS) is 10.6. The van der Waals surface area contributed by atoms with E-state index >= 15 is 0 Å². The fourth-order valence-corrected chi connectivity index (χ4v) is 3.83. The van der Waals surface area contributed by atoms with Crippen LogP contribution in [-0.2, 0) is 4.79 Å². The molecule has 0 aliphatic heterocycles. The molecule has 1 heterocycles. The number of hydrogen-bond acceptors (Lipinski definition) is 6. The first-order valence-corrected chi connectivity index (χ1v) is 8.51. The number of thioether (sulfide) groups is 1. The number of fused-ring (bicyclic) bond motifs is 1. The molecule has 0 fully saturated rings. The number of carbonyl (C=O) groups excluding carboxylic acids is 2. The molecule has 0 spiro atoms. The van der Waals surface area contributed by atoms with E-state index in [-0.39, 0.29) is 17.2 Å². The predicted octanol–water partition coefficient (Wildman–Crippen LogP) is 2.39. The Morgan fingerprint density at radius 2 is 2.00 bits per heavy atom. The lowest BCUT2D eigenvalue weighted by Gasteiger charge is -2.07. The second kappa shape index (κ2) is 6.80. The van der Waals surface area contributed by atoms with E-state index in [9.17, 15) is 14.7 Å². The number of anilines is 1. The van der Waals surface area contributed by atoms with Gasteiger partial charge in [0.05, 0.1) is 21.9 Å². The fourth-order valence-electron chi connectivity index (χ4n) is 1.96. The van der Waals surface area contributed by atoms with Gasteiger partial charge in [0.2, 0.25) is 5.91 Å². The van der Waals surface area contributed by atoms with Gasteiger partial charge >= 0.3 is 0 Å². The summed E-state index contributed by atoms with van der Waals surface area (Å²) in [6.45, 7) is 0.